The lowest BCUT2D eigenvalue weighted by Crippen LogP contribution is -2.20. The van der Waals surface area contributed by atoms with Crippen molar-refractivity contribution < 1.29 is 19.1 Å². The van der Waals surface area contributed by atoms with Crippen molar-refractivity contribution in [3.8, 4) is 11.5 Å². The van der Waals surface area contributed by atoms with Crippen molar-refractivity contribution in [2.75, 3.05) is 23.8 Å². The van der Waals surface area contributed by atoms with Crippen LogP contribution in [0, 0.1) is 11.8 Å². The van der Waals surface area contributed by atoms with Gasteiger partial charge >= 0.3 is 0 Å². The fourth-order valence-electron chi connectivity index (χ4n) is 2.55. The highest BCUT2D eigenvalue weighted by Crippen LogP contribution is 2.31. The fourth-order valence-corrected chi connectivity index (χ4v) is 2.79. The first kappa shape index (κ1) is 21.0. The molecule has 2 aromatic rings. The van der Waals surface area contributed by atoms with Crippen LogP contribution >= 0.6 is 11.6 Å². The Kier molecular flexibility index (Phi) is 6.99. The number of anilines is 2. The van der Waals surface area contributed by atoms with Gasteiger partial charge in [-0.05, 0) is 49.1 Å². The van der Waals surface area contributed by atoms with Crippen LogP contribution < -0.4 is 20.1 Å². The maximum absolute atomic E-state index is 12.2. The summed E-state index contributed by atoms with van der Waals surface area (Å²) in [6.07, 6.45) is 1.88. The summed E-state index contributed by atoms with van der Waals surface area (Å²) in [6.45, 7) is 4.52. The maximum Gasteiger partial charge on any atom is 0.262 e. The highest BCUT2D eigenvalue weighted by Gasteiger charge is 2.29. The maximum atomic E-state index is 12.2. The Balaban J connectivity index is 1.49. The van der Waals surface area contributed by atoms with Gasteiger partial charge < -0.3 is 20.1 Å². The zero-order chi connectivity index (χ0) is 20.8. The standard InChI is InChI=1S/C22H25ClN2O4/c1-14(2)12-29-20-9-8-17(11-19(20)23)24-21(26)13-28-18-5-3-4-16(10-18)25-22(27)15-6-7-15/h3-5,8-11,14-15H,6-7,12-13H2,1-2H3,(H,24,26)(H,25,27). The summed E-state index contributed by atoms with van der Waals surface area (Å²) in [6, 6.07) is 12.1. The third-order valence-corrected chi connectivity index (χ3v) is 4.50. The van der Waals surface area contributed by atoms with Crippen LogP contribution in [0.1, 0.15) is 26.7 Å². The molecule has 1 aliphatic carbocycles. The van der Waals surface area contributed by atoms with Gasteiger partial charge in [0.1, 0.15) is 11.5 Å². The first-order chi connectivity index (χ1) is 13.9. The average molecular weight is 417 g/mol. The molecule has 1 aliphatic rings. The van der Waals surface area contributed by atoms with E-state index in [1.807, 2.05) is 0 Å². The molecule has 1 saturated carbocycles. The van der Waals surface area contributed by atoms with Crippen molar-refractivity contribution in [1.82, 2.24) is 0 Å². The molecular weight excluding hydrogens is 392 g/mol. The Bertz CT molecular complexity index is 881. The van der Waals surface area contributed by atoms with E-state index in [0.29, 0.717) is 40.4 Å². The number of carbonyl (C=O) groups excluding carboxylic acids is 2. The van der Waals surface area contributed by atoms with E-state index in [4.69, 9.17) is 21.1 Å². The van der Waals surface area contributed by atoms with E-state index < -0.39 is 0 Å². The second-order valence-electron chi connectivity index (χ2n) is 7.48. The molecule has 2 aromatic carbocycles. The summed E-state index contributed by atoms with van der Waals surface area (Å²) in [5, 5.41) is 6.03. The molecule has 3 rings (SSSR count). The number of rotatable bonds is 9. The lowest BCUT2D eigenvalue weighted by atomic mass is 10.2. The molecule has 0 atom stereocenters. The van der Waals surface area contributed by atoms with E-state index in [1.54, 1.807) is 42.5 Å². The van der Waals surface area contributed by atoms with Crippen LogP contribution in [0.25, 0.3) is 0 Å². The minimum atomic E-state index is -0.315. The summed E-state index contributed by atoms with van der Waals surface area (Å²) in [5.41, 5.74) is 1.22. The molecule has 0 radical (unpaired) electrons. The second kappa shape index (κ2) is 9.65. The molecule has 0 aliphatic heterocycles. The number of halogens is 1. The Morgan fingerprint density at radius 1 is 1.07 bits per heavy atom. The zero-order valence-corrected chi connectivity index (χ0v) is 17.3. The molecule has 1 fully saturated rings. The number of hydrogen-bond acceptors (Lipinski definition) is 4. The Hall–Kier alpha value is -2.73. The third kappa shape index (κ3) is 6.68. The van der Waals surface area contributed by atoms with Gasteiger partial charge in [-0.3, -0.25) is 9.59 Å². The van der Waals surface area contributed by atoms with Gasteiger partial charge in [0, 0.05) is 23.4 Å². The molecule has 0 aromatic heterocycles. The number of benzene rings is 2. The topological polar surface area (TPSA) is 76.7 Å². The van der Waals surface area contributed by atoms with E-state index in [9.17, 15) is 9.59 Å². The number of carbonyl (C=O) groups is 2. The van der Waals surface area contributed by atoms with Crippen LogP contribution in [0.2, 0.25) is 5.02 Å². The van der Waals surface area contributed by atoms with Crippen molar-refractivity contribution in [2.24, 2.45) is 11.8 Å². The van der Waals surface area contributed by atoms with Gasteiger partial charge in [0.25, 0.3) is 5.91 Å². The number of ether oxygens (including phenoxy) is 2. The molecule has 29 heavy (non-hydrogen) atoms. The van der Waals surface area contributed by atoms with Gasteiger partial charge in [-0.2, -0.15) is 0 Å². The quantitative estimate of drug-likeness (QED) is 0.619. The molecule has 0 saturated heterocycles. The van der Waals surface area contributed by atoms with Crippen molar-refractivity contribution in [1.29, 1.82) is 0 Å². The summed E-state index contributed by atoms with van der Waals surface area (Å²) in [7, 11) is 0. The second-order valence-corrected chi connectivity index (χ2v) is 7.89. The van der Waals surface area contributed by atoms with Crippen LogP contribution in [0.3, 0.4) is 0 Å². The van der Waals surface area contributed by atoms with Crippen molar-refractivity contribution in [3.05, 3.63) is 47.5 Å². The average Bonchev–Trinajstić information content (AvgIpc) is 3.51. The summed E-state index contributed by atoms with van der Waals surface area (Å²) >= 11 is 6.21. The Morgan fingerprint density at radius 3 is 2.52 bits per heavy atom. The lowest BCUT2D eigenvalue weighted by Gasteiger charge is -2.12. The third-order valence-electron chi connectivity index (χ3n) is 4.21. The van der Waals surface area contributed by atoms with Gasteiger partial charge in [0.05, 0.1) is 11.6 Å². The SMILES string of the molecule is CC(C)COc1ccc(NC(=O)COc2cccc(NC(=O)C3CC3)c2)cc1Cl. The van der Waals surface area contributed by atoms with Gasteiger partial charge in [-0.15, -0.1) is 0 Å². The van der Waals surface area contributed by atoms with Crippen molar-refractivity contribution in [3.63, 3.8) is 0 Å². The van der Waals surface area contributed by atoms with Gasteiger partial charge in [0.15, 0.2) is 6.61 Å². The van der Waals surface area contributed by atoms with E-state index in [1.165, 1.54) is 0 Å². The van der Waals surface area contributed by atoms with E-state index in [-0.39, 0.29) is 24.3 Å². The molecule has 0 heterocycles. The summed E-state index contributed by atoms with van der Waals surface area (Å²) < 4.78 is 11.2. The van der Waals surface area contributed by atoms with Gasteiger partial charge in [-0.1, -0.05) is 31.5 Å². The minimum absolute atomic E-state index is 0.0255. The number of nitrogens with one attached hydrogen (secondary N) is 2. The predicted octanol–water partition coefficient (Wildman–Crippen LogP) is 4.74. The first-order valence-electron chi connectivity index (χ1n) is 9.66. The van der Waals surface area contributed by atoms with E-state index in [2.05, 4.69) is 24.5 Å². The van der Waals surface area contributed by atoms with Crippen LogP contribution in [0.15, 0.2) is 42.5 Å². The van der Waals surface area contributed by atoms with Crippen LogP contribution in [-0.2, 0) is 9.59 Å². The molecule has 0 bridgehead atoms. The van der Waals surface area contributed by atoms with Crippen LogP contribution in [0.5, 0.6) is 11.5 Å². The Morgan fingerprint density at radius 2 is 1.83 bits per heavy atom. The van der Waals surface area contributed by atoms with Gasteiger partial charge in [-0.25, -0.2) is 0 Å². The molecule has 0 unspecified atom stereocenters. The summed E-state index contributed by atoms with van der Waals surface area (Å²) in [5.74, 6) is 1.31. The molecular formula is C22H25ClN2O4. The van der Waals surface area contributed by atoms with Crippen molar-refractivity contribution in [2.45, 2.75) is 26.7 Å². The number of amides is 2. The fraction of sp³-hybridized carbons (Fsp3) is 0.364. The largest absolute Gasteiger partial charge is 0.492 e. The molecule has 6 nitrogen and oxygen atoms in total. The molecule has 2 amide bonds. The van der Waals surface area contributed by atoms with Crippen molar-refractivity contribution >= 4 is 34.8 Å². The molecule has 7 heteroatoms. The number of hydrogen-bond donors (Lipinski definition) is 2. The molecule has 154 valence electrons. The monoisotopic (exact) mass is 416 g/mol. The highest BCUT2D eigenvalue weighted by atomic mass is 35.5. The molecule has 2 N–H and O–H groups in total. The predicted molar refractivity (Wildman–Crippen MR) is 114 cm³/mol. The highest BCUT2D eigenvalue weighted by molar-refractivity contribution is 6.32. The van der Waals surface area contributed by atoms with Crippen LogP contribution in [-0.4, -0.2) is 25.0 Å². The first-order valence-corrected chi connectivity index (χ1v) is 10.0. The van der Waals surface area contributed by atoms with E-state index >= 15 is 0 Å². The summed E-state index contributed by atoms with van der Waals surface area (Å²) in [4.78, 5) is 24.0. The van der Waals surface area contributed by atoms with Crippen LogP contribution in [0.4, 0.5) is 11.4 Å². The minimum Gasteiger partial charge on any atom is -0.492 e. The zero-order valence-electron chi connectivity index (χ0n) is 16.5. The lowest BCUT2D eigenvalue weighted by molar-refractivity contribution is -0.118. The molecule has 0 spiro atoms. The van der Waals surface area contributed by atoms with Gasteiger partial charge in [0.2, 0.25) is 5.91 Å². The normalized spacial score (nSPS) is 13.1. The smallest absolute Gasteiger partial charge is 0.262 e. The Labute approximate surface area is 175 Å². The van der Waals surface area contributed by atoms with E-state index in [0.717, 1.165) is 12.8 Å².